The number of piperazine rings is 1. The van der Waals surface area contributed by atoms with Crippen molar-refractivity contribution in [3.8, 4) is 5.75 Å². The Labute approximate surface area is 177 Å². The number of alkyl halides is 3. The van der Waals surface area contributed by atoms with E-state index in [0.29, 0.717) is 17.8 Å². The van der Waals surface area contributed by atoms with E-state index in [1.165, 1.54) is 46.8 Å². The van der Waals surface area contributed by atoms with Gasteiger partial charge in [-0.25, -0.2) is 8.42 Å². The van der Waals surface area contributed by atoms with Crippen LogP contribution in [0.15, 0.2) is 53.4 Å². The molecule has 0 spiro atoms. The van der Waals surface area contributed by atoms with Gasteiger partial charge in [-0.05, 0) is 48.9 Å². The van der Waals surface area contributed by atoms with E-state index in [0.717, 1.165) is 0 Å². The molecule has 0 amide bonds. The summed E-state index contributed by atoms with van der Waals surface area (Å²) in [5, 5.41) is 8.93. The van der Waals surface area contributed by atoms with Gasteiger partial charge < -0.3 is 14.7 Å². The minimum Gasteiger partial charge on any atom is -0.481 e. The van der Waals surface area contributed by atoms with Crippen LogP contribution in [0.4, 0.5) is 18.9 Å². The van der Waals surface area contributed by atoms with Crippen LogP contribution < -0.4 is 9.64 Å². The van der Waals surface area contributed by atoms with Gasteiger partial charge >= 0.3 is 12.3 Å². The largest absolute Gasteiger partial charge is 0.573 e. The first-order chi connectivity index (χ1) is 14.5. The lowest BCUT2D eigenvalue weighted by atomic mass is 10.1. The van der Waals surface area contributed by atoms with E-state index in [1.807, 2.05) is 11.8 Å². The SMILES string of the molecule is C[C@H]1CN(S(=O)(=O)c2cccc(CC(=O)O)c2)CCN1c1ccc(OC(F)(F)F)cc1. The molecule has 1 N–H and O–H groups in total. The van der Waals surface area contributed by atoms with Gasteiger partial charge in [0.15, 0.2) is 0 Å². The number of nitrogens with zero attached hydrogens (tertiary/aromatic N) is 2. The molecule has 0 unspecified atom stereocenters. The fraction of sp³-hybridized carbons (Fsp3) is 0.350. The Hall–Kier alpha value is -2.79. The van der Waals surface area contributed by atoms with Gasteiger partial charge in [0, 0.05) is 31.4 Å². The maximum absolute atomic E-state index is 13.0. The number of halogens is 3. The third-order valence-electron chi connectivity index (χ3n) is 4.88. The lowest BCUT2D eigenvalue weighted by molar-refractivity contribution is -0.274. The Morgan fingerprint density at radius 2 is 1.84 bits per heavy atom. The summed E-state index contributed by atoms with van der Waals surface area (Å²) in [6.07, 6.45) is -5.04. The minimum absolute atomic E-state index is 0.0283. The van der Waals surface area contributed by atoms with E-state index in [4.69, 9.17) is 5.11 Å². The second kappa shape index (κ2) is 8.75. The second-order valence-corrected chi connectivity index (χ2v) is 9.10. The van der Waals surface area contributed by atoms with Crippen molar-refractivity contribution in [3.63, 3.8) is 0 Å². The molecule has 1 aliphatic heterocycles. The molecule has 0 radical (unpaired) electrons. The van der Waals surface area contributed by atoms with Crippen LogP contribution in [0.1, 0.15) is 12.5 Å². The van der Waals surface area contributed by atoms with E-state index >= 15 is 0 Å². The minimum atomic E-state index is -4.77. The van der Waals surface area contributed by atoms with Gasteiger partial charge in [0.05, 0.1) is 11.3 Å². The van der Waals surface area contributed by atoms with Crippen molar-refractivity contribution < 1.29 is 36.2 Å². The Morgan fingerprint density at radius 1 is 1.16 bits per heavy atom. The Kier molecular flexibility index (Phi) is 6.46. The number of ether oxygens (including phenoxy) is 1. The van der Waals surface area contributed by atoms with Gasteiger partial charge in [-0.1, -0.05) is 12.1 Å². The number of hydrogen-bond acceptors (Lipinski definition) is 5. The van der Waals surface area contributed by atoms with E-state index in [9.17, 15) is 26.4 Å². The fourth-order valence-corrected chi connectivity index (χ4v) is 5.09. The summed E-state index contributed by atoms with van der Waals surface area (Å²) in [5.74, 6) is -1.38. The number of rotatable bonds is 6. The third kappa shape index (κ3) is 5.67. The highest BCUT2D eigenvalue weighted by atomic mass is 32.2. The van der Waals surface area contributed by atoms with Gasteiger partial charge in [-0.15, -0.1) is 13.2 Å². The standard InChI is InChI=1S/C20H21F3N2O5S/c1-14-13-24(31(28,29)18-4-2-3-15(11-18)12-19(26)27)9-10-25(14)16-5-7-17(8-6-16)30-20(21,22)23/h2-8,11,14H,9-10,12-13H2,1H3,(H,26,27)/t14-/m0/s1. The van der Waals surface area contributed by atoms with Gasteiger partial charge in [0.1, 0.15) is 5.75 Å². The Bertz CT molecular complexity index is 1040. The number of anilines is 1. The molecule has 1 atom stereocenters. The lowest BCUT2D eigenvalue weighted by Crippen LogP contribution is -2.53. The molecule has 0 aromatic heterocycles. The Morgan fingerprint density at radius 3 is 2.42 bits per heavy atom. The summed E-state index contributed by atoms with van der Waals surface area (Å²) in [6, 6.07) is 11.0. The van der Waals surface area contributed by atoms with Crippen LogP contribution in [0.25, 0.3) is 0 Å². The average molecular weight is 458 g/mol. The molecule has 0 bridgehead atoms. The van der Waals surface area contributed by atoms with Crippen molar-refractivity contribution in [2.45, 2.75) is 30.6 Å². The highest BCUT2D eigenvalue weighted by molar-refractivity contribution is 7.89. The predicted molar refractivity (Wildman–Crippen MR) is 106 cm³/mol. The molecule has 11 heteroatoms. The predicted octanol–water partition coefficient (Wildman–Crippen LogP) is 3.11. The summed E-state index contributed by atoms with van der Waals surface area (Å²) < 4.78 is 68.2. The maximum Gasteiger partial charge on any atom is 0.573 e. The van der Waals surface area contributed by atoms with E-state index in [1.54, 1.807) is 6.07 Å². The zero-order valence-electron chi connectivity index (χ0n) is 16.5. The molecular formula is C20H21F3N2O5S. The van der Waals surface area contributed by atoms with Crippen molar-refractivity contribution in [3.05, 3.63) is 54.1 Å². The number of aliphatic carboxylic acids is 1. The molecule has 1 fully saturated rings. The van der Waals surface area contributed by atoms with E-state index < -0.39 is 22.4 Å². The van der Waals surface area contributed by atoms with Gasteiger partial charge in [0.25, 0.3) is 0 Å². The molecule has 168 valence electrons. The van der Waals surface area contributed by atoms with Crippen LogP contribution in [0.2, 0.25) is 0 Å². The molecule has 2 aromatic rings. The monoisotopic (exact) mass is 458 g/mol. The molecule has 2 aromatic carbocycles. The van der Waals surface area contributed by atoms with Crippen LogP contribution in [0.5, 0.6) is 5.75 Å². The molecule has 0 saturated carbocycles. The van der Waals surface area contributed by atoms with Gasteiger partial charge in [-0.3, -0.25) is 4.79 Å². The van der Waals surface area contributed by atoms with Crippen LogP contribution in [-0.4, -0.2) is 55.8 Å². The first-order valence-corrected chi connectivity index (χ1v) is 10.8. The second-order valence-electron chi connectivity index (χ2n) is 7.17. The van der Waals surface area contributed by atoms with Gasteiger partial charge in [-0.2, -0.15) is 4.31 Å². The normalized spacial score (nSPS) is 18.1. The van der Waals surface area contributed by atoms with Crippen LogP contribution >= 0.6 is 0 Å². The van der Waals surface area contributed by atoms with E-state index in [-0.39, 0.29) is 36.2 Å². The number of carboxylic acids is 1. The number of sulfonamides is 1. The summed E-state index contributed by atoms with van der Waals surface area (Å²) in [7, 11) is -3.82. The molecule has 31 heavy (non-hydrogen) atoms. The molecule has 7 nitrogen and oxygen atoms in total. The van der Waals surface area contributed by atoms with E-state index in [2.05, 4.69) is 4.74 Å². The number of benzene rings is 2. The number of carbonyl (C=O) groups is 1. The highest BCUT2D eigenvalue weighted by Gasteiger charge is 2.33. The van der Waals surface area contributed by atoms with Crippen molar-refractivity contribution in [2.24, 2.45) is 0 Å². The van der Waals surface area contributed by atoms with Crippen molar-refractivity contribution in [2.75, 3.05) is 24.5 Å². The zero-order valence-corrected chi connectivity index (χ0v) is 17.4. The third-order valence-corrected chi connectivity index (χ3v) is 6.74. The highest BCUT2D eigenvalue weighted by Crippen LogP contribution is 2.28. The fourth-order valence-electron chi connectivity index (χ4n) is 3.50. The summed E-state index contributed by atoms with van der Waals surface area (Å²) in [6.45, 7) is 2.51. The summed E-state index contributed by atoms with van der Waals surface area (Å²) in [5.41, 5.74) is 1.05. The molecule has 1 aliphatic rings. The maximum atomic E-state index is 13.0. The molecule has 0 aliphatic carbocycles. The van der Waals surface area contributed by atoms with Crippen molar-refractivity contribution in [1.82, 2.24) is 4.31 Å². The van der Waals surface area contributed by atoms with Crippen LogP contribution in [-0.2, 0) is 21.2 Å². The molecule has 3 rings (SSSR count). The van der Waals surface area contributed by atoms with Crippen molar-refractivity contribution >= 4 is 21.7 Å². The first kappa shape index (κ1) is 22.9. The number of hydrogen-bond donors (Lipinski definition) is 1. The molecule has 1 heterocycles. The molecular weight excluding hydrogens is 437 g/mol. The first-order valence-electron chi connectivity index (χ1n) is 9.39. The lowest BCUT2D eigenvalue weighted by Gasteiger charge is -2.40. The smallest absolute Gasteiger partial charge is 0.481 e. The summed E-state index contributed by atoms with van der Waals surface area (Å²) >= 11 is 0. The van der Waals surface area contributed by atoms with Gasteiger partial charge in [0.2, 0.25) is 10.0 Å². The quantitative estimate of drug-likeness (QED) is 0.716. The average Bonchev–Trinajstić information content (AvgIpc) is 2.67. The molecule has 1 saturated heterocycles. The zero-order chi connectivity index (χ0) is 22.8. The van der Waals surface area contributed by atoms with Crippen molar-refractivity contribution in [1.29, 1.82) is 0 Å². The number of carboxylic acid groups (broad SMARTS) is 1. The van der Waals surface area contributed by atoms with Crippen LogP contribution in [0.3, 0.4) is 0 Å². The van der Waals surface area contributed by atoms with Crippen LogP contribution in [0, 0.1) is 0 Å². The Balaban J connectivity index is 1.71. The summed E-state index contributed by atoms with van der Waals surface area (Å²) in [4.78, 5) is 12.8. The topological polar surface area (TPSA) is 87.2 Å².